The quantitative estimate of drug-likeness (QED) is 0.643. The first-order valence-corrected chi connectivity index (χ1v) is 11.5. The molecule has 0 aromatic heterocycles. The molecular weight excluding hydrogens is 412 g/mol. The third-order valence-corrected chi connectivity index (χ3v) is 4.94. The summed E-state index contributed by atoms with van der Waals surface area (Å²) >= 11 is 0. The number of nitrogens with zero attached hydrogens (tertiary/aromatic N) is 1. The molecule has 11 heteroatoms. The van der Waals surface area contributed by atoms with Gasteiger partial charge >= 0.3 is 12.1 Å². The number of benzene rings is 1. The summed E-state index contributed by atoms with van der Waals surface area (Å²) in [6, 6.07) is 4.15. The van der Waals surface area contributed by atoms with Gasteiger partial charge in [-0.15, -0.1) is 0 Å². The van der Waals surface area contributed by atoms with E-state index < -0.39 is 21.7 Å². The van der Waals surface area contributed by atoms with E-state index >= 15 is 0 Å². The van der Waals surface area contributed by atoms with Crippen molar-refractivity contribution in [2.24, 2.45) is 0 Å². The summed E-state index contributed by atoms with van der Waals surface area (Å²) in [5.74, 6) is 0.411. The lowest BCUT2D eigenvalue weighted by molar-refractivity contribution is 0.0635. The van der Waals surface area contributed by atoms with Gasteiger partial charge in [0.2, 0.25) is 10.0 Å². The van der Waals surface area contributed by atoms with Gasteiger partial charge in [-0.3, -0.25) is 5.32 Å². The monoisotopic (exact) mass is 442 g/mol. The summed E-state index contributed by atoms with van der Waals surface area (Å²) in [6.07, 6.45) is 1.82. The van der Waals surface area contributed by atoms with Crippen molar-refractivity contribution in [2.45, 2.75) is 45.3 Å². The van der Waals surface area contributed by atoms with Crippen molar-refractivity contribution in [3.05, 3.63) is 18.2 Å². The molecule has 0 saturated carbocycles. The van der Waals surface area contributed by atoms with Crippen LogP contribution in [-0.2, 0) is 14.8 Å². The van der Waals surface area contributed by atoms with Crippen LogP contribution in [0.2, 0.25) is 0 Å². The van der Waals surface area contributed by atoms with Crippen LogP contribution in [0.25, 0.3) is 0 Å². The summed E-state index contributed by atoms with van der Waals surface area (Å²) < 4.78 is 36.0. The van der Waals surface area contributed by atoms with Gasteiger partial charge < -0.3 is 19.7 Å². The number of sulfonamides is 1. The fraction of sp³-hybridized carbons (Fsp3) is 0.579. The third kappa shape index (κ3) is 7.71. The maximum atomic E-state index is 12.6. The molecule has 1 fully saturated rings. The predicted octanol–water partition coefficient (Wildman–Crippen LogP) is 2.59. The molecule has 3 amide bonds. The number of hydrogen-bond acceptors (Lipinski definition) is 6. The van der Waals surface area contributed by atoms with Crippen LogP contribution in [0.15, 0.2) is 18.2 Å². The highest BCUT2D eigenvalue weighted by Gasteiger charge is 2.26. The van der Waals surface area contributed by atoms with Crippen molar-refractivity contribution >= 4 is 33.5 Å². The first-order valence-electron chi connectivity index (χ1n) is 9.57. The van der Waals surface area contributed by atoms with Crippen LogP contribution in [0.4, 0.5) is 21.0 Å². The van der Waals surface area contributed by atoms with Gasteiger partial charge in [0.25, 0.3) is 0 Å². The molecule has 1 saturated heterocycles. The number of carbonyl (C=O) groups excluding carboxylic acids is 2. The van der Waals surface area contributed by atoms with Crippen LogP contribution in [0.5, 0.6) is 5.75 Å². The van der Waals surface area contributed by atoms with Crippen LogP contribution in [0.1, 0.15) is 33.6 Å². The van der Waals surface area contributed by atoms with Crippen LogP contribution in [-0.4, -0.2) is 63.5 Å². The molecule has 30 heavy (non-hydrogen) atoms. The second-order valence-corrected chi connectivity index (χ2v) is 9.93. The average Bonchev–Trinajstić information content (AvgIpc) is 2.59. The van der Waals surface area contributed by atoms with Crippen molar-refractivity contribution in [1.82, 2.24) is 9.62 Å². The number of hydrogen-bond donors (Lipinski definition) is 3. The van der Waals surface area contributed by atoms with Crippen molar-refractivity contribution in [3.63, 3.8) is 0 Å². The second-order valence-electron chi connectivity index (χ2n) is 8.15. The number of likely N-dealkylation sites (tertiary alicyclic amines) is 1. The van der Waals surface area contributed by atoms with Gasteiger partial charge in [-0.2, -0.15) is 0 Å². The molecule has 10 nitrogen and oxygen atoms in total. The Kier molecular flexibility index (Phi) is 7.54. The van der Waals surface area contributed by atoms with Gasteiger partial charge in [0.05, 0.1) is 19.1 Å². The van der Waals surface area contributed by atoms with Crippen molar-refractivity contribution < 1.29 is 27.5 Å². The zero-order valence-electron chi connectivity index (χ0n) is 17.9. The van der Waals surface area contributed by atoms with Gasteiger partial charge in [0.15, 0.2) is 0 Å². The van der Waals surface area contributed by atoms with Crippen molar-refractivity contribution in [2.75, 3.05) is 37.1 Å². The van der Waals surface area contributed by atoms with Crippen LogP contribution in [0.3, 0.4) is 0 Å². The topological polar surface area (TPSA) is 126 Å². The molecule has 1 aromatic rings. The Balaban J connectivity index is 2.07. The Morgan fingerprint density at radius 3 is 2.50 bits per heavy atom. The Labute approximate surface area is 177 Å². The summed E-state index contributed by atoms with van der Waals surface area (Å²) in [5, 5.41) is 5.39. The zero-order valence-corrected chi connectivity index (χ0v) is 18.8. The molecule has 0 bridgehead atoms. The van der Waals surface area contributed by atoms with E-state index in [1.54, 1.807) is 43.9 Å². The summed E-state index contributed by atoms with van der Waals surface area (Å²) in [5.41, 5.74) is 0.137. The van der Waals surface area contributed by atoms with E-state index in [2.05, 4.69) is 15.4 Å². The number of rotatable bonds is 5. The Hall–Kier alpha value is -2.53. The number of urea groups is 1. The Morgan fingerprint density at radius 1 is 1.20 bits per heavy atom. The molecule has 1 unspecified atom stereocenters. The first kappa shape index (κ1) is 23.7. The molecule has 1 heterocycles. The van der Waals surface area contributed by atoms with Gasteiger partial charge in [0, 0.05) is 24.8 Å². The molecular formula is C19H30N4O6S. The number of piperidine rings is 1. The minimum Gasteiger partial charge on any atom is -0.495 e. The lowest BCUT2D eigenvalue weighted by Crippen LogP contribution is -2.50. The lowest BCUT2D eigenvalue weighted by Gasteiger charge is -2.32. The van der Waals surface area contributed by atoms with E-state index in [1.807, 2.05) is 0 Å². The Morgan fingerprint density at radius 2 is 1.90 bits per heavy atom. The smallest absolute Gasteiger partial charge is 0.412 e. The van der Waals surface area contributed by atoms with Crippen LogP contribution < -0.4 is 20.1 Å². The van der Waals surface area contributed by atoms with E-state index in [4.69, 9.17) is 9.47 Å². The van der Waals surface area contributed by atoms with Gasteiger partial charge in [0.1, 0.15) is 11.4 Å². The largest absolute Gasteiger partial charge is 0.495 e. The molecule has 0 spiro atoms. The second kappa shape index (κ2) is 9.52. The maximum absolute atomic E-state index is 12.6. The molecule has 1 aliphatic rings. The minimum atomic E-state index is -3.34. The molecule has 3 N–H and O–H groups in total. The number of anilines is 2. The fourth-order valence-electron chi connectivity index (χ4n) is 3.06. The highest BCUT2D eigenvalue weighted by molar-refractivity contribution is 7.88. The highest BCUT2D eigenvalue weighted by Crippen LogP contribution is 2.28. The standard InChI is InChI=1S/C19H30N4O6S/c1-19(2,3)29-18(25)21-15-11-13(8-9-16(15)28-4)20-17(24)23-10-6-7-14(12-23)22-30(5,26)27/h8-9,11,14,22H,6-7,10,12H2,1-5H3,(H,20,24)(H,21,25). The Bertz CT molecular complexity index is 882. The van der Waals surface area contributed by atoms with Crippen molar-refractivity contribution in [1.29, 1.82) is 0 Å². The molecule has 2 rings (SSSR count). The molecule has 168 valence electrons. The predicted molar refractivity (Wildman–Crippen MR) is 114 cm³/mol. The van der Waals surface area contributed by atoms with E-state index in [9.17, 15) is 18.0 Å². The maximum Gasteiger partial charge on any atom is 0.412 e. The normalized spacial score (nSPS) is 17.2. The van der Waals surface area contributed by atoms with E-state index in [1.165, 1.54) is 7.11 Å². The minimum absolute atomic E-state index is 0.276. The number of methoxy groups -OCH3 is 1. The molecule has 1 atom stereocenters. The number of ether oxygens (including phenoxy) is 2. The van der Waals surface area contributed by atoms with E-state index in [-0.39, 0.29) is 18.6 Å². The summed E-state index contributed by atoms with van der Waals surface area (Å²) in [7, 11) is -1.88. The number of nitrogens with one attached hydrogen (secondary N) is 3. The lowest BCUT2D eigenvalue weighted by atomic mass is 10.1. The van der Waals surface area contributed by atoms with Gasteiger partial charge in [-0.25, -0.2) is 22.7 Å². The zero-order chi connectivity index (χ0) is 22.5. The molecule has 1 aromatic carbocycles. The average molecular weight is 443 g/mol. The summed E-state index contributed by atoms with van der Waals surface area (Å²) in [4.78, 5) is 26.3. The molecule has 1 aliphatic heterocycles. The number of amides is 3. The third-order valence-electron chi connectivity index (χ3n) is 4.18. The van der Waals surface area contributed by atoms with Crippen molar-refractivity contribution in [3.8, 4) is 5.75 Å². The molecule has 0 aliphatic carbocycles. The highest BCUT2D eigenvalue weighted by atomic mass is 32.2. The molecule has 0 radical (unpaired) electrons. The SMILES string of the molecule is COc1ccc(NC(=O)N2CCCC(NS(C)(=O)=O)C2)cc1NC(=O)OC(C)(C)C. The first-order chi connectivity index (χ1) is 13.9. The van der Waals surface area contributed by atoms with Crippen LogP contribution in [0, 0.1) is 0 Å². The van der Waals surface area contributed by atoms with E-state index in [0.29, 0.717) is 36.5 Å². The van der Waals surface area contributed by atoms with Gasteiger partial charge in [-0.05, 0) is 51.8 Å². The van der Waals surface area contributed by atoms with Crippen LogP contribution >= 0.6 is 0 Å². The number of carbonyl (C=O) groups is 2. The van der Waals surface area contributed by atoms with E-state index in [0.717, 1.165) is 6.26 Å². The summed E-state index contributed by atoms with van der Waals surface area (Å²) in [6.45, 7) is 6.06. The van der Waals surface area contributed by atoms with Gasteiger partial charge in [-0.1, -0.05) is 0 Å². The fourth-order valence-corrected chi connectivity index (χ4v) is 3.86.